The fourth-order valence-electron chi connectivity index (χ4n) is 2.23. The molecule has 1 aromatic heterocycles. The quantitative estimate of drug-likeness (QED) is 0.800. The molecule has 2 aromatic rings. The molecule has 0 aliphatic carbocycles. The molecule has 1 unspecified atom stereocenters. The predicted octanol–water partition coefficient (Wildman–Crippen LogP) is 2.17. The molecule has 5 heteroatoms. The van der Waals surface area contributed by atoms with Gasteiger partial charge in [-0.15, -0.1) is 0 Å². The second-order valence-electron chi connectivity index (χ2n) is 4.90. The molecule has 0 saturated carbocycles. The number of aromatic nitrogens is 1. The summed E-state index contributed by atoms with van der Waals surface area (Å²) in [6.45, 7) is 3.68. The number of ether oxygens (including phenoxy) is 1. The first-order valence-corrected chi connectivity index (χ1v) is 7.12. The summed E-state index contributed by atoms with van der Waals surface area (Å²) in [5.74, 6) is -0.557. The van der Waals surface area contributed by atoms with Crippen molar-refractivity contribution in [2.75, 3.05) is 6.61 Å². The highest BCUT2D eigenvalue weighted by atomic mass is 16.5. The van der Waals surface area contributed by atoms with Crippen LogP contribution in [-0.2, 0) is 20.7 Å². The highest BCUT2D eigenvalue weighted by Gasteiger charge is 2.16. The van der Waals surface area contributed by atoms with E-state index in [1.165, 1.54) is 0 Å². The lowest BCUT2D eigenvalue weighted by atomic mass is 10.1. The van der Waals surface area contributed by atoms with Gasteiger partial charge in [-0.1, -0.05) is 18.2 Å². The normalized spacial score (nSPS) is 12.1. The van der Waals surface area contributed by atoms with Crippen LogP contribution in [0.25, 0.3) is 10.9 Å². The number of H-pyrrole nitrogens is 1. The van der Waals surface area contributed by atoms with E-state index in [1.54, 1.807) is 13.8 Å². The third kappa shape index (κ3) is 3.84. The van der Waals surface area contributed by atoms with Crippen LogP contribution >= 0.6 is 0 Å². The summed E-state index contributed by atoms with van der Waals surface area (Å²) in [6.07, 6.45) is 2.89. The zero-order valence-electron chi connectivity index (χ0n) is 12.3. The van der Waals surface area contributed by atoms with Crippen LogP contribution in [0.15, 0.2) is 30.5 Å². The standard InChI is InChI=1S/C16H20N2O3/c1-3-21-16(20)11(2)18-15(19)9-8-12-10-17-14-7-5-4-6-13(12)14/h4-7,10-11,17H,3,8-9H2,1-2H3,(H,18,19). The van der Waals surface area contributed by atoms with Crippen LogP contribution in [-0.4, -0.2) is 29.5 Å². The molecule has 0 bridgehead atoms. The summed E-state index contributed by atoms with van der Waals surface area (Å²) in [4.78, 5) is 26.5. The Hall–Kier alpha value is -2.30. The molecule has 0 fully saturated rings. The molecular formula is C16H20N2O3. The van der Waals surface area contributed by atoms with Crippen LogP contribution in [0.4, 0.5) is 0 Å². The third-order valence-corrected chi connectivity index (χ3v) is 3.31. The van der Waals surface area contributed by atoms with Crippen LogP contribution < -0.4 is 5.32 Å². The first kappa shape index (κ1) is 15.1. The number of aryl methyl sites for hydroxylation is 1. The minimum Gasteiger partial charge on any atom is -0.464 e. The van der Waals surface area contributed by atoms with Gasteiger partial charge in [0.1, 0.15) is 6.04 Å². The maximum atomic E-state index is 11.9. The molecule has 1 aromatic carbocycles. The highest BCUT2D eigenvalue weighted by Crippen LogP contribution is 2.18. The number of carbonyl (C=O) groups is 2. The van der Waals surface area contributed by atoms with E-state index in [2.05, 4.69) is 10.3 Å². The Labute approximate surface area is 123 Å². The molecule has 1 atom stereocenters. The van der Waals surface area contributed by atoms with Gasteiger partial charge in [-0.3, -0.25) is 4.79 Å². The van der Waals surface area contributed by atoms with E-state index < -0.39 is 12.0 Å². The summed E-state index contributed by atoms with van der Waals surface area (Å²) in [5.41, 5.74) is 2.16. The van der Waals surface area contributed by atoms with E-state index in [-0.39, 0.29) is 5.91 Å². The van der Waals surface area contributed by atoms with Crippen molar-refractivity contribution in [1.29, 1.82) is 0 Å². The van der Waals surface area contributed by atoms with Gasteiger partial charge >= 0.3 is 5.97 Å². The molecule has 0 aliphatic heterocycles. The number of nitrogens with one attached hydrogen (secondary N) is 2. The average Bonchev–Trinajstić information content (AvgIpc) is 2.88. The fourth-order valence-corrected chi connectivity index (χ4v) is 2.23. The van der Waals surface area contributed by atoms with Gasteiger partial charge in [-0.2, -0.15) is 0 Å². The predicted molar refractivity (Wildman–Crippen MR) is 80.9 cm³/mol. The van der Waals surface area contributed by atoms with Crippen LogP contribution in [0.1, 0.15) is 25.8 Å². The van der Waals surface area contributed by atoms with Crippen molar-refractivity contribution >= 4 is 22.8 Å². The zero-order valence-corrected chi connectivity index (χ0v) is 12.3. The Morgan fingerprint density at radius 1 is 1.33 bits per heavy atom. The Bertz CT molecular complexity index is 633. The Balaban J connectivity index is 1.88. The number of fused-ring (bicyclic) bond motifs is 1. The minimum absolute atomic E-state index is 0.152. The lowest BCUT2D eigenvalue weighted by Crippen LogP contribution is -2.39. The van der Waals surface area contributed by atoms with Gasteiger partial charge < -0.3 is 15.0 Å². The lowest BCUT2D eigenvalue weighted by molar-refractivity contribution is -0.146. The Morgan fingerprint density at radius 3 is 2.86 bits per heavy atom. The van der Waals surface area contributed by atoms with Gasteiger partial charge in [-0.25, -0.2) is 4.79 Å². The van der Waals surface area contributed by atoms with Gasteiger partial charge in [-0.05, 0) is 31.9 Å². The highest BCUT2D eigenvalue weighted by molar-refractivity contribution is 5.86. The molecule has 2 N–H and O–H groups in total. The molecule has 5 nitrogen and oxygen atoms in total. The maximum Gasteiger partial charge on any atom is 0.328 e. The second-order valence-corrected chi connectivity index (χ2v) is 4.90. The van der Waals surface area contributed by atoms with Crippen LogP contribution in [0.2, 0.25) is 0 Å². The maximum absolute atomic E-state index is 11.9. The van der Waals surface area contributed by atoms with E-state index in [9.17, 15) is 9.59 Å². The first-order chi connectivity index (χ1) is 10.1. The summed E-state index contributed by atoms with van der Waals surface area (Å²) in [7, 11) is 0. The van der Waals surface area contributed by atoms with Crippen molar-refractivity contribution in [2.45, 2.75) is 32.7 Å². The summed E-state index contributed by atoms with van der Waals surface area (Å²) < 4.78 is 4.85. The molecule has 1 heterocycles. The minimum atomic E-state index is -0.611. The number of para-hydroxylation sites is 1. The number of carbonyl (C=O) groups excluding carboxylic acids is 2. The molecular weight excluding hydrogens is 268 g/mol. The van der Waals surface area contributed by atoms with Crippen LogP contribution in [0, 0.1) is 0 Å². The first-order valence-electron chi connectivity index (χ1n) is 7.12. The number of esters is 1. The largest absolute Gasteiger partial charge is 0.464 e. The number of hydrogen-bond acceptors (Lipinski definition) is 3. The second kappa shape index (κ2) is 6.92. The van der Waals surface area contributed by atoms with Crippen molar-refractivity contribution in [3.8, 4) is 0 Å². The number of amides is 1. The van der Waals surface area contributed by atoms with Crippen molar-refractivity contribution in [3.63, 3.8) is 0 Å². The van der Waals surface area contributed by atoms with Gasteiger partial charge in [0.2, 0.25) is 5.91 Å². The summed E-state index contributed by atoms with van der Waals surface area (Å²) >= 11 is 0. The molecule has 0 saturated heterocycles. The van der Waals surface area contributed by atoms with Crippen molar-refractivity contribution in [2.24, 2.45) is 0 Å². The fraction of sp³-hybridized carbons (Fsp3) is 0.375. The molecule has 0 spiro atoms. The van der Waals surface area contributed by atoms with Crippen LogP contribution in [0.5, 0.6) is 0 Å². The summed E-state index contributed by atoms with van der Waals surface area (Å²) in [6, 6.07) is 7.36. The molecule has 0 aliphatic rings. The van der Waals surface area contributed by atoms with Gasteiger partial charge in [0, 0.05) is 23.5 Å². The summed E-state index contributed by atoms with van der Waals surface area (Å²) in [5, 5.41) is 3.78. The molecule has 112 valence electrons. The van der Waals surface area contributed by atoms with Gasteiger partial charge in [0.25, 0.3) is 0 Å². The van der Waals surface area contributed by atoms with E-state index in [0.29, 0.717) is 19.4 Å². The SMILES string of the molecule is CCOC(=O)C(C)NC(=O)CCc1c[nH]c2ccccc12. The Morgan fingerprint density at radius 2 is 2.10 bits per heavy atom. The number of hydrogen-bond donors (Lipinski definition) is 2. The van der Waals surface area contributed by atoms with E-state index in [0.717, 1.165) is 16.5 Å². The van der Waals surface area contributed by atoms with Crippen molar-refractivity contribution in [3.05, 3.63) is 36.0 Å². The molecule has 2 rings (SSSR count). The lowest BCUT2D eigenvalue weighted by Gasteiger charge is -2.12. The Kier molecular flexibility index (Phi) is 4.98. The average molecular weight is 288 g/mol. The van der Waals surface area contributed by atoms with Crippen molar-refractivity contribution in [1.82, 2.24) is 10.3 Å². The molecule has 21 heavy (non-hydrogen) atoms. The number of aromatic amines is 1. The van der Waals surface area contributed by atoms with Crippen LogP contribution in [0.3, 0.4) is 0 Å². The molecule has 0 radical (unpaired) electrons. The van der Waals surface area contributed by atoms with E-state index in [1.807, 2.05) is 30.5 Å². The topological polar surface area (TPSA) is 71.2 Å². The van der Waals surface area contributed by atoms with Gasteiger partial charge in [0.15, 0.2) is 0 Å². The zero-order chi connectivity index (χ0) is 15.2. The van der Waals surface area contributed by atoms with E-state index >= 15 is 0 Å². The van der Waals surface area contributed by atoms with Gasteiger partial charge in [0.05, 0.1) is 6.61 Å². The third-order valence-electron chi connectivity index (χ3n) is 3.31. The molecule has 1 amide bonds. The number of rotatable bonds is 6. The smallest absolute Gasteiger partial charge is 0.328 e. The van der Waals surface area contributed by atoms with E-state index in [4.69, 9.17) is 4.74 Å². The number of benzene rings is 1. The van der Waals surface area contributed by atoms with Crippen molar-refractivity contribution < 1.29 is 14.3 Å². The monoisotopic (exact) mass is 288 g/mol.